The molecule has 3 rings (SSSR count). The van der Waals surface area contributed by atoms with Crippen LogP contribution >= 0.6 is 11.8 Å². The topological polar surface area (TPSA) is 65.1 Å². The maximum atomic E-state index is 12.5. The molecular weight excluding hydrogens is 330 g/mol. The molecule has 0 bridgehead atoms. The average Bonchev–Trinajstić information content (AvgIpc) is 3.11. The van der Waals surface area contributed by atoms with E-state index in [1.807, 2.05) is 20.8 Å². The molecule has 0 aliphatic carbocycles. The molecule has 24 heavy (non-hydrogen) atoms. The molecule has 128 valence electrons. The molecule has 0 radical (unpaired) electrons. The molecule has 1 aromatic rings. The standard InChI is InChI=1S/C17H19NO5S/c1-4-10(3)18-16(19)15(24-17(18)20)7-11-6-13-14(23-9-22-13)8-12(11)21-5-2/h6-8,10H,4-5,9H2,1-3H3/b15-7-/t10-/m0/s1. The third-order valence-corrected chi connectivity index (χ3v) is 4.83. The number of imide groups is 1. The van der Waals surface area contributed by atoms with Crippen LogP contribution in [0.4, 0.5) is 4.79 Å². The monoisotopic (exact) mass is 349 g/mol. The van der Waals surface area contributed by atoms with Crippen molar-refractivity contribution in [2.75, 3.05) is 13.4 Å². The Hall–Kier alpha value is -2.15. The lowest BCUT2D eigenvalue weighted by atomic mass is 10.1. The van der Waals surface area contributed by atoms with Crippen molar-refractivity contribution in [1.29, 1.82) is 0 Å². The van der Waals surface area contributed by atoms with E-state index >= 15 is 0 Å². The molecule has 1 saturated heterocycles. The molecule has 0 spiro atoms. The van der Waals surface area contributed by atoms with Gasteiger partial charge in [0.2, 0.25) is 6.79 Å². The van der Waals surface area contributed by atoms with E-state index in [2.05, 4.69) is 0 Å². The van der Waals surface area contributed by atoms with Crippen LogP contribution in [0.3, 0.4) is 0 Å². The second-order valence-corrected chi connectivity index (χ2v) is 6.48. The van der Waals surface area contributed by atoms with Crippen molar-refractivity contribution in [1.82, 2.24) is 4.90 Å². The number of benzene rings is 1. The van der Waals surface area contributed by atoms with Crippen LogP contribution in [-0.2, 0) is 4.79 Å². The van der Waals surface area contributed by atoms with E-state index in [0.29, 0.717) is 34.3 Å². The number of fused-ring (bicyclic) bond motifs is 1. The van der Waals surface area contributed by atoms with Gasteiger partial charge in [0, 0.05) is 17.7 Å². The summed E-state index contributed by atoms with van der Waals surface area (Å²) in [7, 11) is 0. The fourth-order valence-electron chi connectivity index (χ4n) is 2.52. The minimum Gasteiger partial charge on any atom is -0.493 e. The number of carbonyl (C=O) groups excluding carboxylic acids is 2. The number of ether oxygens (including phenoxy) is 3. The molecule has 2 aliphatic heterocycles. The smallest absolute Gasteiger partial charge is 0.293 e. The lowest BCUT2D eigenvalue weighted by Crippen LogP contribution is -2.36. The predicted molar refractivity (Wildman–Crippen MR) is 91.3 cm³/mol. The lowest BCUT2D eigenvalue weighted by molar-refractivity contribution is -0.124. The van der Waals surface area contributed by atoms with Gasteiger partial charge < -0.3 is 14.2 Å². The number of hydrogen-bond acceptors (Lipinski definition) is 6. The number of hydrogen-bond donors (Lipinski definition) is 0. The summed E-state index contributed by atoms with van der Waals surface area (Å²) < 4.78 is 16.4. The van der Waals surface area contributed by atoms with Gasteiger partial charge in [-0.15, -0.1) is 0 Å². The minimum atomic E-state index is -0.264. The van der Waals surface area contributed by atoms with Gasteiger partial charge in [-0.2, -0.15) is 0 Å². The summed E-state index contributed by atoms with van der Waals surface area (Å²) in [6.07, 6.45) is 2.40. The number of carbonyl (C=O) groups is 2. The van der Waals surface area contributed by atoms with Crippen molar-refractivity contribution in [3.63, 3.8) is 0 Å². The molecule has 2 aliphatic rings. The Morgan fingerprint density at radius 1 is 1.29 bits per heavy atom. The molecule has 1 aromatic carbocycles. The third-order valence-electron chi connectivity index (χ3n) is 3.95. The molecular formula is C17H19NO5S. The summed E-state index contributed by atoms with van der Waals surface area (Å²) in [5.74, 6) is 1.55. The van der Waals surface area contributed by atoms with Gasteiger partial charge in [-0.3, -0.25) is 14.5 Å². The summed E-state index contributed by atoms with van der Waals surface area (Å²) >= 11 is 0.951. The van der Waals surface area contributed by atoms with Crippen LogP contribution in [-0.4, -0.2) is 35.5 Å². The first-order valence-corrected chi connectivity index (χ1v) is 8.70. The Morgan fingerprint density at radius 2 is 2.00 bits per heavy atom. The van der Waals surface area contributed by atoms with Crippen LogP contribution in [0.5, 0.6) is 17.2 Å². The number of nitrogens with zero attached hydrogens (tertiary/aromatic N) is 1. The van der Waals surface area contributed by atoms with E-state index in [1.54, 1.807) is 18.2 Å². The molecule has 0 N–H and O–H groups in total. The molecule has 2 heterocycles. The van der Waals surface area contributed by atoms with Gasteiger partial charge in [0.15, 0.2) is 11.5 Å². The highest BCUT2D eigenvalue weighted by Crippen LogP contribution is 2.41. The van der Waals surface area contributed by atoms with Crippen molar-refractivity contribution in [3.8, 4) is 17.2 Å². The third kappa shape index (κ3) is 2.96. The van der Waals surface area contributed by atoms with Crippen molar-refractivity contribution < 1.29 is 23.8 Å². The van der Waals surface area contributed by atoms with Crippen LogP contribution in [0, 0.1) is 0 Å². The quantitative estimate of drug-likeness (QED) is 0.756. The Bertz CT molecular complexity index is 715. The normalized spacial score (nSPS) is 19.3. The summed E-state index contributed by atoms with van der Waals surface area (Å²) in [5.41, 5.74) is 0.691. The molecule has 1 atom stereocenters. The summed E-state index contributed by atoms with van der Waals surface area (Å²) in [5, 5.41) is -0.237. The zero-order valence-corrected chi connectivity index (χ0v) is 14.6. The molecule has 7 heteroatoms. The van der Waals surface area contributed by atoms with Crippen molar-refractivity contribution in [3.05, 3.63) is 22.6 Å². The van der Waals surface area contributed by atoms with E-state index in [4.69, 9.17) is 14.2 Å². The first-order valence-electron chi connectivity index (χ1n) is 7.88. The Balaban J connectivity index is 1.96. The zero-order chi connectivity index (χ0) is 17.3. The van der Waals surface area contributed by atoms with Crippen molar-refractivity contribution >= 4 is 29.0 Å². The first-order chi connectivity index (χ1) is 11.5. The Morgan fingerprint density at radius 3 is 2.67 bits per heavy atom. The fraction of sp³-hybridized carbons (Fsp3) is 0.412. The average molecular weight is 349 g/mol. The second-order valence-electron chi connectivity index (χ2n) is 5.49. The second kappa shape index (κ2) is 6.76. The van der Waals surface area contributed by atoms with Crippen LogP contribution < -0.4 is 14.2 Å². The number of thioether (sulfide) groups is 1. The number of rotatable bonds is 5. The summed E-state index contributed by atoms with van der Waals surface area (Å²) in [6.45, 7) is 6.34. The largest absolute Gasteiger partial charge is 0.493 e. The van der Waals surface area contributed by atoms with Gasteiger partial charge in [0.1, 0.15) is 5.75 Å². The highest BCUT2D eigenvalue weighted by Gasteiger charge is 2.37. The zero-order valence-electron chi connectivity index (χ0n) is 13.8. The maximum Gasteiger partial charge on any atom is 0.293 e. The van der Waals surface area contributed by atoms with Crippen LogP contribution in [0.1, 0.15) is 32.8 Å². The Kier molecular flexibility index (Phi) is 4.71. The van der Waals surface area contributed by atoms with Gasteiger partial charge in [-0.05, 0) is 44.2 Å². The van der Waals surface area contributed by atoms with Crippen LogP contribution in [0.25, 0.3) is 6.08 Å². The SMILES string of the molecule is CCOc1cc2c(cc1/C=C1\SC(=O)N([C@@H](C)CC)C1=O)OCO2. The van der Waals surface area contributed by atoms with Crippen LogP contribution in [0.2, 0.25) is 0 Å². The summed E-state index contributed by atoms with van der Waals surface area (Å²) in [4.78, 5) is 26.4. The maximum absolute atomic E-state index is 12.5. The van der Waals surface area contributed by atoms with Crippen molar-refractivity contribution in [2.45, 2.75) is 33.2 Å². The molecule has 0 saturated carbocycles. The molecule has 0 unspecified atom stereocenters. The predicted octanol–water partition coefficient (Wildman–Crippen LogP) is 3.65. The van der Waals surface area contributed by atoms with E-state index in [-0.39, 0.29) is 24.0 Å². The van der Waals surface area contributed by atoms with Gasteiger partial charge in [-0.1, -0.05) is 6.92 Å². The minimum absolute atomic E-state index is 0.119. The van der Waals surface area contributed by atoms with Gasteiger partial charge in [0.05, 0.1) is 11.5 Å². The van der Waals surface area contributed by atoms with E-state index in [0.717, 1.165) is 18.2 Å². The summed E-state index contributed by atoms with van der Waals surface area (Å²) in [6, 6.07) is 3.40. The fourth-order valence-corrected chi connectivity index (χ4v) is 3.44. The van der Waals surface area contributed by atoms with E-state index < -0.39 is 0 Å². The first kappa shape index (κ1) is 16.7. The van der Waals surface area contributed by atoms with Crippen LogP contribution in [0.15, 0.2) is 17.0 Å². The van der Waals surface area contributed by atoms with Gasteiger partial charge >= 0.3 is 0 Å². The number of amides is 2. The van der Waals surface area contributed by atoms with Gasteiger partial charge in [0.25, 0.3) is 11.1 Å². The molecule has 0 aromatic heterocycles. The van der Waals surface area contributed by atoms with Gasteiger partial charge in [-0.25, -0.2) is 0 Å². The lowest BCUT2D eigenvalue weighted by Gasteiger charge is -2.19. The Labute approximate surface area is 144 Å². The van der Waals surface area contributed by atoms with Crippen molar-refractivity contribution in [2.24, 2.45) is 0 Å². The highest BCUT2D eigenvalue weighted by molar-refractivity contribution is 8.18. The van der Waals surface area contributed by atoms with E-state index in [9.17, 15) is 9.59 Å². The molecule has 6 nitrogen and oxygen atoms in total. The highest BCUT2D eigenvalue weighted by atomic mass is 32.2. The van der Waals surface area contributed by atoms with E-state index in [1.165, 1.54) is 4.90 Å². The molecule has 1 fully saturated rings. The molecule has 2 amide bonds.